The van der Waals surface area contributed by atoms with Crippen molar-refractivity contribution in [3.63, 3.8) is 0 Å². The van der Waals surface area contributed by atoms with Gasteiger partial charge in [0, 0.05) is 30.9 Å². The van der Waals surface area contributed by atoms with Crippen LogP contribution in [0.4, 0.5) is 11.4 Å². The smallest absolute Gasteiger partial charge is 0.312 e. The van der Waals surface area contributed by atoms with Gasteiger partial charge < -0.3 is 9.88 Å². The fraction of sp³-hybridized carbons (Fsp3) is 0.294. The van der Waals surface area contributed by atoms with Crippen LogP contribution >= 0.6 is 0 Å². The lowest BCUT2D eigenvalue weighted by molar-refractivity contribution is -0.386. The van der Waals surface area contributed by atoms with Crippen LogP contribution < -0.4 is 5.32 Å². The van der Waals surface area contributed by atoms with Gasteiger partial charge in [-0.25, -0.2) is 0 Å². The fourth-order valence-electron chi connectivity index (χ4n) is 2.94. The van der Waals surface area contributed by atoms with Crippen LogP contribution in [0.5, 0.6) is 0 Å². The van der Waals surface area contributed by atoms with E-state index >= 15 is 0 Å². The van der Waals surface area contributed by atoms with Gasteiger partial charge in [0.2, 0.25) is 5.91 Å². The van der Waals surface area contributed by atoms with E-state index in [1.807, 2.05) is 42.1 Å². The maximum absolute atomic E-state index is 12.2. The molecule has 0 saturated carbocycles. The van der Waals surface area contributed by atoms with Crippen molar-refractivity contribution in [3.8, 4) is 0 Å². The minimum Gasteiger partial charge on any atom is -0.350 e. The van der Waals surface area contributed by atoms with Crippen molar-refractivity contribution in [1.29, 1.82) is 0 Å². The third-order valence-electron chi connectivity index (χ3n) is 4.25. The molecule has 1 aromatic carbocycles. The highest BCUT2D eigenvalue weighted by atomic mass is 16.6. The van der Waals surface area contributed by atoms with Gasteiger partial charge in [-0.1, -0.05) is 6.07 Å². The number of hydrogen-bond acceptors (Lipinski definition) is 4. The Morgan fingerprint density at radius 3 is 2.76 bits per heavy atom. The molecule has 0 unspecified atom stereocenters. The molecule has 0 aliphatic heterocycles. The largest absolute Gasteiger partial charge is 0.350 e. The van der Waals surface area contributed by atoms with Crippen LogP contribution in [0, 0.1) is 24.0 Å². The summed E-state index contributed by atoms with van der Waals surface area (Å²) in [4.78, 5) is 22.8. The number of carbonyl (C=O) groups is 1. The van der Waals surface area contributed by atoms with Crippen molar-refractivity contribution in [1.82, 2.24) is 14.3 Å². The van der Waals surface area contributed by atoms with Crippen molar-refractivity contribution in [3.05, 3.63) is 52.0 Å². The van der Waals surface area contributed by atoms with Gasteiger partial charge in [0.15, 0.2) is 0 Å². The second kappa shape index (κ2) is 6.39. The average molecular weight is 341 g/mol. The molecule has 3 aromatic rings. The number of aromatic nitrogens is 3. The summed E-state index contributed by atoms with van der Waals surface area (Å²) in [6.07, 6.45) is 2.15. The summed E-state index contributed by atoms with van der Waals surface area (Å²) in [5, 5.41) is 19.1. The zero-order valence-corrected chi connectivity index (χ0v) is 14.3. The number of nitro groups is 1. The number of aryl methyl sites for hydroxylation is 3. The predicted octanol–water partition coefficient (Wildman–Crippen LogP) is 2.93. The zero-order chi connectivity index (χ0) is 18.1. The first kappa shape index (κ1) is 16.7. The molecule has 3 rings (SSSR count). The second-order valence-electron chi connectivity index (χ2n) is 6.00. The van der Waals surface area contributed by atoms with E-state index < -0.39 is 4.92 Å². The predicted molar refractivity (Wildman–Crippen MR) is 94.5 cm³/mol. The summed E-state index contributed by atoms with van der Waals surface area (Å²) >= 11 is 0. The van der Waals surface area contributed by atoms with Crippen molar-refractivity contribution in [2.24, 2.45) is 7.05 Å². The molecule has 2 heterocycles. The Labute approximate surface area is 144 Å². The molecule has 0 aliphatic carbocycles. The van der Waals surface area contributed by atoms with Gasteiger partial charge in [0.1, 0.15) is 11.4 Å². The van der Waals surface area contributed by atoms with Crippen LogP contribution in [0.25, 0.3) is 10.9 Å². The summed E-state index contributed by atoms with van der Waals surface area (Å²) < 4.78 is 3.49. The molecule has 130 valence electrons. The van der Waals surface area contributed by atoms with Crippen molar-refractivity contribution in [2.45, 2.75) is 26.8 Å². The first-order valence-corrected chi connectivity index (χ1v) is 7.90. The molecule has 8 heteroatoms. The van der Waals surface area contributed by atoms with Crippen LogP contribution in [0.3, 0.4) is 0 Å². The molecule has 0 atom stereocenters. The molecular weight excluding hydrogens is 322 g/mol. The first-order valence-electron chi connectivity index (χ1n) is 7.90. The normalized spacial score (nSPS) is 11.0. The van der Waals surface area contributed by atoms with Gasteiger partial charge >= 0.3 is 5.69 Å². The average Bonchev–Trinajstić information content (AvgIpc) is 3.05. The lowest BCUT2D eigenvalue weighted by atomic mass is 10.2. The van der Waals surface area contributed by atoms with E-state index in [-0.39, 0.29) is 18.0 Å². The monoisotopic (exact) mass is 341 g/mol. The number of hydrogen-bond donors (Lipinski definition) is 1. The fourth-order valence-corrected chi connectivity index (χ4v) is 2.94. The molecular formula is C17H19N5O3. The summed E-state index contributed by atoms with van der Waals surface area (Å²) in [5.41, 5.74) is 2.58. The van der Waals surface area contributed by atoms with Gasteiger partial charge in [-0.15, -0.1) is 0 Å². The number of rotatable bonds is 5. The number of amides is 1. The highest BCUT2D eigenvalue weighted by molar-refractivity contribution is 5.93. The highest BCUT2D eigenvalue weighted by Gasteiger charge is 2.21. The van der Waals surface area contributed by atoms with Crippen molar-refractivity contribution < 1.29 is 9.72 Å². The molecule has 0 fully saturated rings. The summed E-state index contributed by atoms with van der Waals surface area (Å²) in [7, 11) is 1.95. The summed E-state index contributed by atoms with van der Waals surface area (Å²) in [6, 6.07) is 7.74. The molecule has 0 bridgehead atoms. The van der Waals surface area contributed by atoms with E-state index in [0.29, 0.717) is 17.9 Å². The minimum atomic E-state index is -0.441. The minimum absolute atomic E-state index is 0.00886. The molecule has 8 nitrogen and oxygen atoms in total. The Bertz CT molecular complexity index is 970. The van der Waals surface area contributed by atoms with E-state index in [9.17, 15) is 14.9 Å². The van der Waals surface area contributed by atoms with Crippen molar-refractivity contribution >= 4 is 28.2 Å². The number of fused-ring (bicyclic) bond motifs is 1. The first-order chi connectivity index (χ1) is 11.9. The number of nitrogens with zero attached hydrogens (tertiary/aromatic N) is 4. The Balaban J connectivity index is 1.67. The Morgan fingerprint density at radius 1 is 1.32 bits per heavy atom. The summed E-state index contributed by atoms with van der Waals surface area (Å²) in [5.74, 6) is -0.163. The van der Waals surface area contributed by atoms with Crippen LogP contribution in [0.1, 0.15) is 17.8 Å². The molecule has 0 radical (unpaired) electrons. The summed E-state index contributed by atoms with van der Waals surface area (Å²) in [6.45, 7) is 3.52. The topological polar surface area (TPSA) is 95.0 Å². The highest BCUT2D eigenvalue weighted by Crippen LogP contribution is 2.22. The van der Waals surface area contributed by atoms with Crippen LogP contribution in [-0.4, -0.2) is 25.2 Å². The van der Waals surface area contributed by atoms with Gasteiger partial charge in [-0.3, -0.25) is 19.6 Å². The number of benzene rings is 1. The molecule has 1 amide bonds. The molecule has 1 N–H and O–H groups in total. The Hall–Kier alpha value is -3.16. The third-order valence-corrected chi connectivity index (χ3v) is 4.25. The lowest BCUT2D eigenvalue weighted by Gasteiger charge is -2.07. The Kier molecular flexibility index (Phi) is 4.26. The van der Waals surface area contributed by atoms with Gasteiger partial charge in [0.25, 0.3) is 0 Å². The zero-order valence-electron chi connectivity index (χ0n) is 14.3. The third kappa shape index (κ3) is 3.23. The SMILES string of the molecule is Cc1nn(CCC(=O)Nc2ccc3ccn(C)c3c2)c(C)c1[N+](=O)[O-]. The van der Waals surface area contributed by atoms with Crippen molar-refractivity contribution in [2.75, 3.05) is 5.32 Å². The van der Waals surface area contributed by atoms with Gasteiger partial charge in [0.05, 0.1) is 11.5 Å². The van der Waals surface area contributed by atoms with Crippen LogP contribution in [-0.2, 0) is 18.4 Å². The van der Waals surface area contributed by atoms with E-state index in [1.165, 1.54) is 4.68 Å². The van der Waals surface area contributed by atoms with E-state index in [1.54, 1.807) is 13.8 Å². The quantitative estimate of drug-likeness (QED) is 0.570. The molecule has 0 aliphatic rings. The van der Waals surface area contributed by atoms with E-state index in [0.717, 1.165) is 16.6 Å². The molecule has 0 spiro atoms. The number of carbonyl (C=O) groups excluding carboxylic acids is 1. The molecule has 25 heavy (non-hydrogen) atoms. The standard InChI is InChI=1S/C17H19N5O3/c1-11-17(22(24)25)12(2)21(19-11)9-7-16(23)18-14-5-4-13-6-8-20(3)15(13)10-14/h4-6,8,10H,7,9H2,1-3H3,(H,18,23). The number of nitrogens with one attached hydrogen (secondary N) is 1. The van der Waals surface area contributed by atoms with E-state index in [4.69, 9.17) is 0 Å². The van der Waals surface area contributed by atoms with Gasteiger partial charge in [-0.05, 0) is 37.4 Å². The number of anilines is 1. The van der Waals surface area contributed by atoms with E-state index in [2.05, 4.69) is 10.4 Å². The van der Waals surface area contributed by atoms with Crippen LogP contribution in [0.15, 0.2) is 30.5 Å². The van der Waals surface area contributed by atoms with Crippen LogP contribution in [0.2, 0.25) is 0 Å². The van der Waals surface area contributed by atoms with Gasteiger partial charge in [-0.2, -0.15) is 5.10 Å². The maximum atomic E-state index is 12.2. The molecule has 2 aromatic heterocycles. The maximum Gasteiger partial charge on any atom is 0.312 e. The second-order valence-corrected chi connectivity index (χ2v) is 6.00. The lowest BCUT2D eigenvalue weighted by Crippen LogP contribution is -2.15. The molecule has 0 saturated heterocycles. The Morgan fingerprint density at radius 2 is 2.08 bits per heavy atom.